The van der Waals surface area contributed by atoms with Gasteiger partial charge < -0.3 is 9.47 Å². The van der Waals surface area contributed by atoms with E-state index in [1.165, 1.54) is 11.0 Å². The van der Waals surface area contributed by atoms with Gasteiger partial charge in [0.15, 0.2) is 16.6 Å². The molecule has 1 aromatic carbocycles. The van der Waals surface area contributed by atoms with Gasteiger partial charge in [0.1, 0.15) is 5.57 Å². The first kappa shape index (κ1) is 18.7. The van der Waals surface area contributed by atoms with E-state index in [9.17, 15) is 9.59 Å². The van der Waals surface area contributed by atoms with Gasteiger partial charge in [-0.3, -0.25) is 19.8 Å². The SMILES string of the molecule is C=CCN1C(=O)/C(=C/c2ccc(OCC)c(OCC)c2)C(=O)NC1=S. The Morgan fingerprint density at radius 3 is 2.52 bits per heavy atom. The molecule has 0 unspecified atom stereocenters. The van der Waals surface area contributed by atoms with Gasteiger partial charge in [0, 0.05) is 6.54 Å². The molecule has 1 aliphatic rings. The molecule has 0 aromatic heterocycles. The third kappa shape index (κ3) is 4.24. The standard InChI is InChI=1S/C18H20N2O4S/c1-4-9-20-17(22)13(16(21)19-18(20)25)10-12-7-8-14(23-5-2)15(11-12)24-6-3/h4,7-8,10-11H,1,5-6,9H2,2-3H3,(H,19,21,25)/b13-10+. The monoisotopic (exact) mass is 360 g/mol. The van der Waals surface area contributed by atoms with E-state index >= 15 is 0 Å². The van der Waals surface area contributed by atoms with Crippen LogP contribution in [-0.2, 0) is 9.59 Å². The summed E-state index contributed by atoms with van der Waals surface area (Å²) in [4.78, 5) is 26.0. The van der Waals surface area contributed by atoms with Gasteiger partial charge in [0.2, 0.25) is 0 Å². The van der Waals surface area contributed by atoms with Crippen LogP contribution in [0.25, 0.3) is 6.08 Å². The maximum absolute atomic E-state index is 12.5. The van der Waals surface area contributed by atoms with Crippen molar-refractivity contribution >= 4 is 35.2 Å². The molecule has 1 N–H and O–H groups in total. The molecule has 0 atom stereocenters. The lowest BCUT2D eigenvalue weighted by Crippen LogP contribution is -2.53. The summed E-state index contributed by atoms with van der Waals surface area (Å²) in [6, 6.07) is 5.23. The van der Waals surface area contributed by atoms with Crippen LogP contribution in [0.15, 0.2) is 36.4 Å². The zero-order valence-corrected chi connectivity index (χ0v) is 15.0. The summed E-state index contributed by atoms with van der Waals surface area (Å²) in [7, 11) is 0. The first-order valence-electron chi connectivity index (χ1n) is 7.91. The fourth-order valence-corrected chi connectivity index (χ4v) is 2.56. The number of ether oxygens (including phenoxy) is 2. The molecule has 25 heavy (non-hydrogen) atoms. The van der Waals surface area contributed by atoms with Crippen LogP contribution >= 0.6 is 12.2 Å². The minimum Gasteiger partial charge on any atom is -0.490 e. The molecule has 0 saturated carbocycles. The third-order valence-electron chi connectivity index (χ3n) is 3.38. The van der Waals surface area contributed by atoms with Gasteiger partial charge in [0.25, 0.3) is 11.8 Å². The van der Waals surface area contributed by atoms with E-state index in [4.69, 9.17) is 21.7 Å². The van der Waals surface area contributed by atoms with Crippen LogP contribution in [0.5, 0.6) is 11.5 Å². The summed E-state index contributed by atoms with van der Waals surface area (Å²) in [5.41, 5.74) is 0.652. The molecule has 6 nitrogen and oxygen atoms in total. The molecule has 132 valence electrons. The van der Waals surface area contributed by atoms with Crippen LogP contribution in [0, 0.1) is 0 Å². The zero-order valence-electron chi connectivity index (χ0n) is 14.2. The van der Waals surface area contributed by atoms with E-state index in [-0.39, 0.29) is 17.2 Å². The quantitative estimate of drug-likeness (QED) is 0.350. The van der Waals surface area contributed by atoms with Gasteiger partial charge in [-0.1, -0.05) is 12.1 Å². The first-order chi connectivity index (χ1) is 12.0. The van der Waals surface area contributed by atoms with Crippen molar-refractivity contribution < 1.29 is 19.1 Å². The van der Waals surface area contributed by atoms with Crippen LogP contribution in [0.3, 0.4) is 0 Å². The van der Waals surface area contributed by atoms with Crippen LogP contribution in [0.2, 0.25) is 0 Å². The van der Waals surface area contributed by atoms with Gasteiger partial charge in [0.05, 0.1) is 13.2 Å². The second kappa shape index (κ2) is 8.43. The fraction of sp³-hybridized carbons (Fsp3) is 0.278. The van der Waals surface area contributed by atoms with E-state index in [1.54, 1.807) is 24.3 Å². The van der Waals surface area contributed by atoms with Gasteiger partial charge in [-0.15, -0.1) is 6.58 Å². The summed E-state index contributed by atoms with van der Waals surface area (Å²) in [5.74, 6) is 0.184. The summed E-state index contributed by atoms with van der Waals surface area (Å²) in [5, 5.41) is 2.59. The van der Waals surface area contributed by atoms with Crippen molar-refractivity contribution in [1.82, 2.24) is 10.2 Å². The number of nitrogens with one attached hydrogen (secondary N) is 1. The molecule has 0 bridgehead atoms. The second-order valence-corrected chi connectivity index (χ2v) is 5.48. The normalized spacial score (nSPS) is 16.0. The van der Waals surface area contributed by atoms with Gasteiger partial charge in [-0.2, -0.15) is 0 Å². The highest BCUT2D eigenvalue weighted by Gasteiger charge is 2.32. The Morgan fingerprint density at radius 1 is 1.20 bits per heavy atom. The highest BCUT2D eigenvalue weighted by molar-refractivity contribution is 7.80. The molecule has 0 radical (unpaired) electrons. The summed E-state index contributed by atoms with van der Waals surface area (Å²) < 4.78 is 11.1. The third-order valence-corrected chi connectivity index (χ3v) is 3.70. The molecule has 2 rings (SSSR count). The molecular weight excluding hydrogens is 340 g/mol. The van der Waals surface area contributed by atoms with Crippen molar-refractivity contribution in [3.63, 3.8) is 0 Å². The smallest absolute Gasteiger partial charge is 0.265 e. The maximum atomic E-state index is 12.5. The van der Waals surface area contributed by atoms with Gasteiger partial charge >= 0.3 is 0 Å². The van der Waals surface area contributed by atoms with Crippen molar-refractivity contribution in [2.45, 2.75) is 13.8 Å². The van der Waals surface area contributed by atoms with Gasteiger partial charge in [-0.25, -0.2) is 0 Å². The number of nitrogens with zero attached hydrogens (tertiary/aromatic N) is 1. The number of carbonyl (C=O) groups is 2. The summed E-state index contributed by atoms with van der Waals surface area (Å²) in [6.45, 7) is 8.55. The minimum absolute atomic E-state index is 0.00191. The van der Waals surface area contributed by atoms with Gasteiger partial charge in [-0.05, 0) is 49.8 Å². The van der Waals surface area contributed by atoms with E-state index < -0.39 is 11.8 Å². The molecule has 1 saturated heterocycles. The van der Waals surface area contributed by atoms with Crippen LogP contribution in [-0.4, -0.2) is 41.6 Å². The topological polar surface area (TPSA) is 67.9 Å². The van der Waals surface area contributed by atoms with Crippen LogP contribution < -0.4 is 14.8 Å². The second-order valence-electron chi connectivity index (χ2n) is 5.09. The van der Waals surface area contributed by atoms with E-state index in [0.717, 1.165) is 0 Å². The lowest BCUT2D eigenvalue weighted by atomic mass is 10.1. The van der Waals surface area contributed by atoms with E-state index in [2.05, 4.69) is 11.9 Å². The number of carbonyl (C=O) groups excluding carboxylic acids is 2. The summed E-state index contributed by atoms with van der Waals surface area (Å²) in [6.07, 6.45) is 3.05. The van der Waals surface area contributed by atoms with Crippen LogP contribution in [0.1, 0.15) is 19.4 Å². The fourth-order valence-electron chi connectivity index (χ4n) is 2.31. The molecule has 1 aliphatic heterocycles. The Balaban J connectivity index is 2.38. The zero-order chi connectivity index (χ0) is 18.4. The van der Waals surface area contributed by atoms with Crippen molar-refractivity contribution in [2.24, 2.45) is 0 Å². The molecule has 2 amide bonds. The molecular formula is C18H20N2O4S. The number of amides is 2. The number of benzene rings is 1. The van der Waals surface area contributed by atoms with Crippen LogP contribution in [0.4, 0.5) is 0 Å². The largest absolute Gasteiger partial charge is 0.490 e. The average molecular weight is 360 g/mol. The molecule has 0 spiro atoms. The highest BCUT2D eigenvalue weighted by atomic mass is 32.1. The number of hydrogen-bond donors (Lipinski definition) is 1. The van der Waals surface area contributed by atoms with Crippen molar-refractivity contribution in [3.05, 3.63) is 42.0 Å². The Morgan fingerprint density at radius 2 is 1.88 bits per heavy atom. The predicted octanol–water partition coefficient (Wildman–Crippen LogP) is 2.30. The molecule has 1 heterocycles. The molecule has 7 heteroatoms. The molecule has 1 aromatic rings. The Labute approximate surface area is 152 Å². The number of hydrogen-bond acceptors (Lipinski definition) is 5. The van der Waals surface area contributed by atoms with Crippen molar-refractivity contribution in [1.29, 1.82) is 0 Å². The Kier molecular flexibility index (Phi) is 6.30. The maximum Gasteiger partial charge on any atom is 0.265 e. The average Bonchev–Trinajstić information content (AvgIpc) is 2.58. The van der Waals surface area contributed by atoms with E-state index in [0.29, 0.717) is 30.3 Å². The van der Waals surface area contributed by atoms with E-state index in [1.807, 2.05) is 13.8 Å². The highest BCUT2D eigenvalue weighted by Crippen LogP contribution is 2.29. The molecule has 0 aliphatic carbocycles. The number of thiocarbonyl (C=S) groups is 1. The van der Waals surface area contributed by atoms with Crippen molar-refractivity contribution in [2.75, 3.05) is 19.8 Å². The molecule has 1 fully saturated rings. The minimum atomic E-state index is -0.526. The lowest BCUT2D eigenvalue weighted by Gasteiger charge is -2.27. The Hall–Kier alpha value is -2.67. The Bertz CT molecular complexity index is 743. The number of rotatable bonds is 7. The summed E-state index contributed by atoms with van der Waals surface area (Å²) >= 11 is 5.03. The lowest BCUT2D eigenvalue weighted by molar-refractivity contribution is -0.128. The van der Waals surface area contributed by atoms with Crippen molar-refractivity contribution in [3.8, 4) is 11.5 Å². The first-order valence-corrected chi connectivity index (χ1v) is 8.32. The predicted molar refractivity (Wildman–Crippen MR) is 99.4 cm³/mol.